The van der Waals surface area contributed by atoms with E-state index in [9.17, 15) is 9.59 Å². The molecule has 0 aliphatic heterocycles. The molecule has 2 aromatic rings. The highest BCUT2D eigenvalue weighted by atomic mass is 17.2. The van der Waals surface area contributed by atoms with Crippen molar-refractivity contribution in [2.75, 3.05) is 0 Å². The van der Waals surface area contributed by atoms with Gasteiger partial charge in [0.25, 0.3) is 0 Å². The Kier molecular flexibility index (Phi) is 6.08. The average molecular weight is 322 g/mol. The molecule has 0 unspecified atom stereocenters. The lowest BCUT2D eigenvalue weighted by atomic mass is 10.1. The predicted molar refractivity (Wildman–Crippen MR) is 92.4 cm³/mol. The van der Waals surface area contributed by atoms with Crippen LogP contribution in [-0.2, 0) is 19.4 Å². The second-order valence-corrected chi connectivity index (χ2v) is 5.22. The third-order valence-electron chi connectivity index (χ3n) is 3.20. The van der Waals surface area contributed by atoms with Crippen molar-refractivity contribution >= 4 is 24.1 Å². The molecule has 0 heterocycles. The van der Waals surface area contributed by atoms with Gasteiger partial charge in [-0.25, -0.2) is 19.4 Å². The van der Waals surface area contributed by atoms with Crippen molar-refractivity contribution in [1.29, 1.82) is 0 Å². The Morgan fingerprint density at radius 1 is 0.667 bits per heavy atom. The van der Waals surface area contributed by atoms with Gasteiger partial charge in [-0.2, -0.15) is 0 Å². The van der Waals surface area contributed by atoms with Crippen molar-refractivity contribution in [1.82, 2.24) is 0 Å². The highest BCUT2D eigenvalue weighted by molar-refractivity contribution is 5.95. The van der Waals surface area contributed by atoms with Gasteiger partial charge in [-0.15, -0.1) is 0 Å². The Hall–Kier alpha value is -3.14. The maximum Gasteiger partial charge on any atom is 0.382 e. The summed E-state index contributed by atoms with van der Waals surface area (Å²) in [6, 6.07) is 18.6. The topological polar surface area (TPSA) is 52.6 Å². The minimum Gasteiger partial charge on any atom is -0.242 e. The first kappa shape index (κ1) is 17.2. The van der Waals surface area contributed by atoms with Crippen LogP contribution in [0.5, 0.6) is 0 Å². The summed E-state index contributed by atoms with van der Waals surface area (Å²) in [7, 11) is 0. The summed E-state index contributed by atoms with van der Waals surface area (Å²) in [5.74, 6) is -1.42. The molecule has 0 bridgehead atoms. The van der Waals surface area contributed by atoms with Gasteiger partial charge < -0.3 is 0 Å². The van der Waals surface area contributed by atoms with E-state index < -0.39 is 11.9 Å². The number of benzene rings is 2. The van der Waals surface area contributed by atoms with Crippen LogP contribution < -0.4 is 0 Å². The first-order valence-electron chi connectivity index (χ1n) is 7.46. The third-order valence-corrected chi connectivity index (χ3v) is 3.20. The molecule has 0 amide bonds. The van der Waals surface area contributed by atoms with E-state index in [1.54, 1.807) is 26.0 Å². The van der Waals surface area contributed by atoms with Crippen molar-refractivity contribution in [3.05, 3.63) is 82.9 Å². The van der Waals surface area contributed by atoms with Crippen LogP contribution in [0.2, 0.25) is 0 Å². The van der Waals surface area contributed by atoms with Gasteiger partial charge in [0, 0.05) is 11.1 Å². The summed E-state index contributed by atoms with van der Waals surface area (Å²) in [5, 5.41) is 0. The molecule has 0 aliphatic rings. The summed E-state index contributed by atoms with van der Waals surface area (Å²) in [6.07, 6.45) is 3.31. The Balaban J connectivity index is 1.92. The Labute approximate surface area is 141 Å². The van der Waals surface area contributed by atoms with Crippen LogP contribution in [0.15, 0.2) is 71.8 Å². The van der Waals surface area contributed by atoms with Crippen LogP contribution in [-0.4, -0.2) is 11.9 Å². The summed E-state index contributed by atoms with van der Waals surface area (Å²) in [5.41, 5.74) is 2.38. The molecule has 0 fully saturated rings. The quantitative estimate of drug-likeness (QED) is 0.481. The van der Waals surface area contributed by atoms with Crippen molar-refractivity contribution in [3.8, 4) is 0 Å². The zero-order valence-electron chi connectivity index (χ0n) is 13.6. The van der Waals surface area contributed by atoms with Crippen LogP contribution >= 0.6 is 0 Å². The highest BCUT2D eigenvalue weighted by Gasteiger charge is 2.13. The van der Waals surface area contributed by atoms with Crippen LogP contribution in [0.25, 0.3) is 12.2 Å². The lowest BCUT2D eigenvalue weighted by Crippen LogP contribution is -2.12. The first-order chi connectivity index (χ1) is 11.6. The molecule has 0 N–H and O–H groups in total. The predicted octanol–water partition coefficient (Wildman–Crippen LogP) is 4.19. The summed E-state index contributed by atoms with van der Waals surface area (Å²) in [4.78, 5) is 32.9. The first-order valence-corrected chi connectivity index (χ1v) is 7.46. The zero-order chi connectivity index (χ0) is 17.4. The van der Waals surface area contributed by atoms with Gasteiger partial charge in [0.05, 0.1) is 0 Å². The molecule has 122 valence electrons. The van der Waals surface area contributed by atoms with Crippen molar-refractivity contribution < 1.29 is 19.4 Å². The molecule has 0 spiro atoms. The van der Waals surface area contributed by atoms with Crippen LogP contribution in [0.4, 0.5) is 0 Å². The molecule has 4 heteroatoms. The molecule has 24 heavy (non-hydrogen) atoms. The lowest BCUT2D eigenvalue weighted by molar-refractivity contribution is -0.252. The van der Waals surface area contributed by atoms with Crippen LogP contribution in [0, 0.1) is 0 Å². The SMILES string of the molecule is C/C(=C\c1ccccc1)C(=O)OOC(=O)/C(C)=C/c1ccccc1. The van der Waals surface area contributed by atoms with Crippen LogP contribution in [0.3, 0.4) is 0 Å². The fourth-order valence-electron chi connectivity index (χ4n) is 1.92. The third kappa shape index (κ3) is 5.25. The summed E-state index contributed by atoms with van der Waals surface area (Å²) >= 11 is 0. The number of hydrogen-bond acceptors (Lipinski definition) is 4. The summed E-state index contributed by atoms with van der Waals surface area (Å²) in [6.45, 7) is 3.19. The number of carbonyl (C=O) groups is 2. The Morgan fingerprint density at radius 3 is 1.33 bits per heavy atom. The van der Waals surface area contributed by atoms with E-state index in [1.165, 1.54) is 0 Å². The normalized spacial score (nSPS) is 11.8. The van der Waals surface area contributed by atoms with Gasteiger partial charge in [-0.3, -0.25) is 0 Å². The zero-order valence-corrected chi connectivity index (χ0v) is 13.6. The fourth-order valence-corrected chi connectivity index (χ4v) is 1.92. The molecular weight excluding hydrogens is 304 g/mol. The van der Waals surface area contributed by atoms with Crippen molar-refractivity contribution in [3.63, 3.8) is 0 Å². The molecule has 0 aromatic heterocycles. The number of hydrogen-bond donors (Lipinski definition) is 0. The van der Waals surface area contributed by atoms with Gasteiger partial charge in [0.1, 0.15) is 0 Å². The molecule has 2 rings (SSSR count). The fraction of sp³-hybridized carbons (Fsp3) is 0.100. The minimum atomic E-state index is -0.709. The van der Waals surface area contributed by atoms with E-state index in [-0.39, 0.29) is 0 Å². The van der Waals surface area contributed by atoms with Crippen molar-refractivity contribution in [2.45, 2.75) is 13.8 Å². The van der Waals surface area contributed by atoms with E-state index in [1.807, 2.05) is 60.7 Å². The minimum absolute atomic E-state index is 0.332. The van der Waals surface area contributed by atoms with E-state index in [0.717, 1.165) is 11.1 Å². The van der Waals surface area contributed by atoms with Gasteiger partial charge in [0.2, 0.25) is 0 Å². The van der Waals surface area contributed by atoms with Gasteiger partial charge in [-0.1, -0.05) is 60.7 Å². The molecule has 2 aromatic carbocycles. The van der Waals surface area contributed by atoms with Gasteiger partial charge in [0.15, 0.2) is 0 Å². The monoisotopic (exact) mass is 322 g/mol. The van der Waals surface area contributed by atoms with Crippen molar-refractivity contribution in [2.24, 2.45) is 0 Å². The summed E-state index contributed by atoms with van der Waals surface area (Å²) < 4.78 is 0. The van der Waals surface area contributed by atoms with Crippen LogP contribution in [0.1, 0.15) is 25.0 Å². The average Bonchev–Trinajstić information content (AvgIpc) is 2.61. The van der Waals surface area contributed by atoms with Gasteiger partial charge in [-0.05, 0) is 37.1 Å². The maximum absolute atomic E-state index is 11.8. The molecule has 0 aliphatic carbocycles. The molecule has 4 nitrogen and oxygen atoms in total. The Bertz CT molecular complexity index is 691. The second kappa shape index (κ2) is 8.48. The molecule has 0 saturated carbocycles. The van der Waals surface area contributed by atoms with E-state index in [0.29, 0.717) is 11.1 Å². The molecule has 0 saturated heterocycles. The smallest absolute Gasteiger partial charge is 0.242 e. The lowest BCUT2D eigenvalue weighted by Gasteiger charge is -2.04. The molecule has 0 radical (unpaired) electrons. The maximum atomic E-state index is 11.8. The molecule has 0 atom stereocenters. The van der Waals surface area contributed by atoms with Gasteiger partial charge >= 0.3 is 11.9 Å². The Morgan fingerprint density at radius 2 is 1.00 bits per heavy atom. The second-order valence-electron chi connectivity index (χ2n) is 5.22. The van der Waals surface area contributed by atoms with E-state index in [2.05, 4.69) is 9.78 Å². The van der Waals surface area contributed by atoms with E-state index >= 15 is 0 Å². The number of rotatable bonds is 4. The number of carbonyl (C=O) groups excluding carboxylic acids is 2. The largest absolute Gasteiger partial charge is 0.382 e. The van der Waals surface area contributed by atoms with E-state index in [4.69, 9.17) is 0 Å². The molecular formula is C20H18O4. The highest BCUT2D eigenvalue weighted by Crippen LogP contribution is 2.10. The standard InChI is InChI=1S/C20H18O4/c1-15(13-17-9-5-3-6-10-17)19(21)23-24-20(22)16(2)14-18-11-7-4-8-12-18/h3-14H,1-2H3/b15-13+,16-14+.